The lowest BCUT2D eigenvalue weighted by atomic mass is 10.3. The molecule has 0 unspecified atom stereocenters. The molecule has 1 aliphatic rings. The van der Waals surface area contributed by atoms with Gasteiger partial charge in [-0.2, -0.15) is 4.31 Å². The zero-order valence-electron chi connectivity index (χ0n) is 10.9. The van der Waals surface area contributed by atoms with E-state index in [1.807, 2.05) is 0 Å². The third-order valence-corrected chi connectivity index (χ3v) is 6.30. The first-order valence-electron chi connectivity index (χ1n) is 6.32. The molecule has 0 radical (unpaired) electrons. The van der Waals surface area contributed by atoms with Gasteiger partial charge < -0.3 is 10.4 Å². The maximum Gasteiger partial charge on any atom is 0.345 e. The van der Waals surface area contributed by atoms with E-state index >= 15 is 0 Å². The largest absolute Gasteiger partial charge is 0.477 e. The van der Waals surface area contributed by atoms with Gasteiger partial charge in [0.25, 0.3) is 0 Å². The minimum Gasteiger partial charge on any atom is -0.477 e. The molecule has 9 heteroatoms. The first-order chi connectivity index (χ1) is 10.00. The molecule has 2 aromatic rings. The Hall–Kier alpha value is -1.55. The fourth-order valence-corrected chi connectivity index (χ4v) is 4.81. The Bertz CT molecular complexity index is 794. The number of nitrogens with one attached hydrogen (secondary N) is 1. The molecule has 0 saturated carbocycles. The molecule has 0 atom stereocenters. The standard InChI is InChI=1S/C12H13N3O4S2/c16-12(17)9-5-8-10(20-9)6-14-7-11(8)21(18,19)15-3-1-13-2-4-15/h5-7,13H,1-4H2,(H,16,17). The highest BCUT2D eigenvalue weighted by Crippen LogP contribution is 2.31. The van der Waals surface area contributed by atoms with Crippen LogP contribution in [0, 0.1) is 0 Å². The van der Waals surface area contributed by atoms with Crippen molar-refractivity contribution in [3.8, 4) is 0 Å². The molecule has 3 rings (SSSR count). The van der Waals surface area contributed by atoms with E-state index in [4.69, 9.17) is 5.11 Å². The predicted octanol–water partition coefficient (Wildman–Crippen LogP) is 0.588. The van der Waals surface area contributed by atoms with Crippen molar-refractivity contribution in [2.24, 2.45) is 0 Å². The van der Waals surface area contributed by atoms with Crippen LogP contribution in [0.3, 0.4) is 0 Å². The first-order valence-corrected chi connectivity index (χ1v) is 8.57. The van der Waals surface area contributed by atoms with Crippen LogP contribution in [0.1, 0.15) is 9.67 Å². The number of fused-ring (bicyclic) bond motifs is 1. The Morgan fingerprint density at radius 3 is 2.71 bits per heavy atom. The Kier molecular flexibility index (Phi) is 3.66. The molecule has 2 aromatic heterocycles. The summed E-state index contributed by atoms with van der Waals surface area (Å²) in [5.41, 5.74) is 0. The zero-order chi connectivity index (χ0) is 15.0. The molecule has 1 fully saturated rings. The second kappa shape index (κ2) is 5.34. The van der Waals surface area contributed by atoms with Crippen molar-refractivity contribution < 1.29 is 18.3 Å². The maximum atomic E-state index is 12.7. The van der Waals surface area contributed by atoms with E-state index < -0.39 is 16.0 Å². The number of carboxylic acids is 1. The fourth-order valence-electron chi connectivity index (χ4n) is 2.27. The van der Waals surface area contributed by atoms with Gasteiger partial charge >= 0.3 is 5.97 Å². The molecule has 112 valence electrons. The second-order valence-electron chi connectivity index (χ2n) is 4.62. The van der Waals surface area contributed by atoms with E-state index in [2.05, 4.69) is 10.3 Å². The number of carbonyl (C=O) groups is 1. The third kappa shape index (κ3) is 2.53. The first kappa shape index (κ1) is 14.4. The van der Waals surface area contributed by atoms with E-state index in [0.717, 1.165) is 11.3 Å². The SMILES string of the molecule is O=C(O)c1cc2c(S(=O)(=O)N3CCNCC3)cncc2s1. The van der Waals surface area contributed by atoms with Crippen LogP contribution in [-0.4, -0.2) is 55.0 Å². The van der Waals surface area contributed by atoms with Crippen LogP contribution in [0.4, 0.5) is 0 Å². The van der Waals surface area contributed by atoms with Crippen molar-refractivity contribution in [2.45, 2.75) is 4.90 Å². The number of nitrogens with zero attached hydrogens (tertiary/aromatic N) is 2. The molecule has 21 heavy (non-hydrogen) atoms. The number of carboxylic acid groups (broad SMARTS) is 1. The lowest BCUT2D eigenvalue weighted by Gasteiger charge is -2.26. The normalized spacial score (nSPS) is 17.1. The number of hydrogen-bond donors (Lipinski definition) is 2. The summed E-state index contributed by atoms with van der Waals surface area (Å²) in [6, 6.07) is 1.40. The molecule has 0 aromatic carbocycles. The van der Waals surface area contributed by atoms with Crippen LogP contribution in [0.2, 0.25) is 0 Å². The van der Waals surface area contributed by atoms with Crippen LogP contribution in [0.5, 0.6) is 0 Å². The summed E-state index contributed by atoms with van der Waals surface area (Å²) < 4.78 is 27.4. The molecule has 1 aliphatic heterocycles. The quantitative estimate of drug-likeness (QED) is 0.856. The van der Waals surface area contributed by atoms with Gasteiger partial charge in [-0.15, -0.1) is 11.3 Å². The third-order valence-electron chi connectivity index (χ3n) is 3.31. The number of hydrogen-bond acceptors (Lipinski definition) is 6. The van der Waals surface area contributed by atoms with Crippen LogP contribution < -0.4 is 5.32 Å². The number of aromatic nitrogens is 1. The lowest BCUT2D eigenvalue weighted by molar-refractivity contribution is 0.0702. The monoisotopic (exact) mass is 327 g/mol. The molecule has 1 saturated heterocycles. The summed E-state index contributed by atoms with van der Waals surface area (Å²) in [5, 5.41) is 12.6. The summed E-state index contributed by atoms with van der Waals surface area (Å²) >= 11 is 1.02. The number of thiophene rings is 1. The second-order valence-corrected chi connectivity index (χ2v) is 7.61. The molecule has 0 bridgehead atoms. The number of piperazine rings is 1. The Labute approximate surface area is 125 Å². The Morgan fingerprint density at radius 1 is 1.33 bits per heavy atom. The van der Waals surface area contributed by atoms with Crippen LogP contribution in [0.15, 0.2) is 23.4 Å². The molecule has 2 N–H and O–H groups in total. The van der Waals surface area contributed by atoms with Crippen molar-refractivity contribution in [3.05, 3.63) is 23.3 Å². The van der Waals surface area contributed by atoms with Crippen LogP contribution in [-0.2, 0) is 10.0 Å². The zero-order valence-corrected chi connectivity index (χ0v) is 12.6. The summed E-state index contributed by atoms with van der Waals surface area (Å²) in [5.74, 6) is -1.07. The Balaban J connectivity index is 2.12. The minimum atomic E-state index is -3.66. The van der Waals surface area contributed by atoms with Gasteiger partial charge in [-0.05, 0) is 6.07 Å². The van der Waals surface area contributed by atoms with E-state index in [1.165, 1.54) is 22.8 Å². The van der Waals surface area contributed by atoms with Gasteiger partial charge in [-0.1, -0.05) is 0 Å². The summed E-state index contributed by atoms with van der Waals surface area (Å²) in [6.07, 6.45) is 2.78. The molecular formula is C12H13N3O4S2. The number of aromatic carboxylic acids is 1. The summed E-state index contributed by atoms with van der Waals surface area (Å²) in [6.45, 7) is 2.00. The average Bonchev–Trinajstić information content (AvgIpc) is 2.92. The van der Waals surface area contributed by atoms with Crippen molar-refractivity contribution in [1.29, 1.82) is 0 Å². The van der Waals surface area contributed by atoms with Gasteiger partial charge in [-0.25, -0.2) is 13.2 Å². The lowest BCUT2D eigenvalue weighted by Crippen LogP contribution is -2.46. The highest BCUT2D eigenvalue weighted by atomic mass is 32.2. The predicted molar refractivity (Wildman–Crippen MR) is 78.2 cm³/mol. The van der Waals surface area contributed by atoms with E-state index in [9.17, 15) is 13.2 Å². The smallest absolute Gasteiger partial charge is 0.345 e. The number of sulfonamides is 1. The molecule has 7 nitrogen and oxygen atoms in total. The van der Waals surface area contributed by atoms with Crippen LogP contribution in [0.25, 0.3) is 10.1 Å². The number of pyridine rings is 1. The number of rotatable bonds is 3. The van der Waals surface area contributed by atoms with Crippen LogP contribution >= 0.6 is 11.3 Å². The van der Waals surface area contributed by atoms with E-state index in [0.29, 0.717) is 36.3 Å². The van der Waals surface area contributed by atoms with E-state index in [-0.39, 0.29) is 9.77 Å². The molecule has 0 amide bonds. The Morgan fingerprint density at radius 2 is 2.05 bits per heavy atom. The molecular weight excluding hydrogens is 314 g/mol. The highest BCUT2D eigenvalue weighted by molar-refractivity contribution is 7.89. The molecule has 0 aliphatic carbocycles. The summed E-state index contributed by atoms with van der Waals surface area (Å²) in [4.78, 5) is 15.2. The van der Waals surface area contributed by atoms with E-state index in [1.54, 1.807) is 0 Å². The molecule has 0 spiro atoms. The van der Waals surface area contributed by atoms with Gasteiger partial charge in [0, 0.05) is 44.0 Å². The topological polar surface area (TPSA) is 99.6 Å². The van der Waals surface area contributed by atoms with Crippen molar-refractivity contribution >= 4 is 37.4 Å². The minimum absolute atomic E-state index is 0.0747. The fraction of sp³-hybridized carbons (Fsp3) is 0.333. The van der Waals surface area contributed by atoms with Crippen molar-refractivity contribution in [2.75, 3.05) is 26.2 Å². The molecule has 3 heterocycles. The van der Waals surface area contributed by atoms with Gasteiger partial charge in [0.05, 0.1) is 4.70 Å². The highest BCUT2D eigenvalue weighted by Gasteiger charge is 2.28. The van der Waals surface area contributed by atoms with Gasteiger partial charge in [-0.3, -0.25) is 4.98 Å². The average molecular weight is 327 g/mol. The van der Waals surface area contributed by atoms with Crippen molar-refractivity contribution in [3.63, 3.8) is 0 Å². The van der Waals surface area contributed by atoms with Crippen molar-refractivity contribution in [1.82, 2.24) is 14.6 Å². The van der Waals surface area contributed by atoms with Gasteiger partial charge in [0.2, 0.25) is 10.0 Å². The van der Waals surface area contributed by atoms with Gasteiger partial charge in [0.1, 0.15) is 9.77 Å². The maximum absolute atomic E-state index is 12.7. The summed E-state index contributed by atoms with van der Waals surface area (Å²) in [7, 11) is -3.66. The van der Waals surface area contributed by atoms with Gasteiger partial charge in [0.15, 0.2) is 0 Å².